The molecule has 0 spiro atoms. The quantitative estimate of drug-likeness (QED) is 0.135. The number of benzene rings is 13. The van der Waals surface area contributed by atoms with Gasteiger partial charge < -0.3 is 18.6 Å². The number of furan rings is 2. The average Bonchev–Trinajstić information content (AvgIpc) is 1.60. The molecule has 0 atom stereocenters. The maximum Gasteiger partial charge on any atom is 0.184 e. The zero-order valence-corrected chi connectivity index (χ0v) is 46.7. The molecule has 17 rings (SSSR count). The SMILES string of the molecule is c1ccc(-c2ccc(N(c3ccc4c(c3)N(c3ccccc3)c3ccccc3[Si]4(c3ccc4c(c3)oc3ccccc34)c3ccc4c(c3)oc3ccccc34)c3ccc4c(c3)C(c3ccccc3)(c3ccccc3)c3ccccc3-4)cc2)cc1. The Kier molecular flexibility index (Phi) is 10.8. The Balaban J connectivity index is 0.955. The first-order valence-electron chi connectivity index (χ1n) is 28.9. The minimum atomic E-state index is -3.37. The molecular formula is C79H52N2O2Si. The third-order valence-corrected chi connectivity index (χ3v) is 22.8. The molecule has 0 saturated carbocycles. The lowest BCUT2D eigenvalue weighted by atomic mass is 9.67. The molecule has 13 aromatic carbocycles. The normalized spacial score (nSPS) is 13.6. The summed E-state index contributed by atoms with van der Waals surface area (Å²) in [5.41, 5.74) is 19.2. The molecule has 0 bridgehead atoms. The molecule has 0 radical (unpaired) electrons. The molecule has 0 saturated heterocycles. The summed E-state index contributed by atoms with van der Waals surface area (Å²) in [5, 5.41) is 9.42. The summed E-state index contributed by atoms with van der Waals surface area (Å²) in [7, 11) is -3.37. The van der Waals surface area contributed by atoms with Gasteiger partial charge in [-0.25, -0.2) is 0 Å². The molecule has 0 unspecified atom stereocenters. The van der Waals surface area contributed by atoms with Gasteiger partial charge in [0, 0.05) is 55.7 Å². The highest BCUT2D eigenvalue weighted by atomic mass is 28.3. The number of anilines is 6. The minimum Gasteiger partial charge on any atom is -0.456 e. The van der Waals surface area contributed by atoms with E-state index < -0.39 is 13.5 Å². The van der Waals surface area contributed by atoms with Gasteiger partial charge in [0.15, 0.2) is 8.07 Å². The summed E-state index contributed by atoms with van der Waals surface area (Å²) in [6, 6.07) is 116. The highest BCUT2D eigenvalue weighted by molar-refractivity contribution is 7.21. The van der Waals surface area contributed by atoms with Crippen LogP contribution in [0.4, 0.5) is 34.1 Å². The van der Waals surface area contributed by atoms with Crippen LogP contribution >= 0.6 is 0 Å². The lowest BCUT2D eigenvalue weighted by Crippen LogP contribution is -2.77. The number of fused-ring (bicyclic) bond motifs is 11. The third kappa shape index (κ3) is 7.06. The fraction of sp³-hybridized carbons (Fsp3) is 0.0127. The van der Waals surface area contributed by atoms with E-state index in [9.17, 15) is 0 Å². The second-order valence-electron chi connectivity index (χ2n) is 22.3. The first-order chi connectivity index (χ1) is 41.6. The molecule has 84 heavy (non-hydrogen) atoms. The van der Waals surface area contributed by atoms with Gasteiger partial charge in [0.1, 0.15) is 22.3 Å². The lowest BCUT2D eigenvalue weighted by Gasteiger charge is -2.45. The van der Waals surface area contributed by atoms with E-state index in [1.54, 1.807) is 0 Å². The van der Waals surface area contributed by atoms with Crippen molar-refractivity contribution in [3.63, 3.8) is 0 Å². The zero-order chi connectivity index (χ0) is 55.3. The van der Waals surface area contributed by atoms with Gasteiger partial charge in [0.2, 0.25) is 0 Å². The van der Waals surface area contributed by atoms with Crippen LogP contribution in [0, 0.1) is 0 Å². The van der Waals surface area contributed by atoms with Gasteiger partial charge in [-0.2, -0.15) is 0 Å². The predicted molar refractivity (Wildman–Crippen MR) is 350 cm³/mol. The van der Waals surface area contributed by atoms with E-state index in [-0.39, 0.29) is 0 Å². The molecule has 0 amide bonds. The van der Waals surface area contributed by atoms with Gasteiger partial charge in [0.25, 0.3) is 0 Å². The van der Waals surface area contributed by atoms with Crippen LogP contribution in [0.3, 0.4) is 0 Å². The van der Waals surface area contributed by atoms with Gasteiger partial charge in [-0.15, -0.1) is 0 Å². The molecule has 15 aromatic rings. The van der Waals surface area contributed by atoms with Crippen molar-refractivity contribution in [2.24, 2.45) is 0 Å². The molecule has 2 aromatic heterocycles. The fourth-order valence-corrected chi connectivity index (χ4v) is 19.5. The first-order valence-corrected chi connectivity index (χ1v) is 30.9. The summed E-state index contributed by atoms with van der Waals surface area (Å²) < 4.78 is 13.7. The van der Waals surface area contributed by atoms with E-state index in [2.05, 4.69) is 325 Å². The van der Waals surface area contributed by atoms with E-state index in [4.69, 9.17) is 8.83 Å². The Bertz CT molecular complexity index is 4880. The standard InChI is InChI=1S/C79H52N2O2Si/c1-5-21-53(22-6-1)54-37-39-58(40-38-54)80(59-41-45-64-63-29-13-16-32-69(63)79(70(64)49-59,55-23-7-2-8-24-55)56-25-9-3-10-26-56)60-42-48-78-72(50-60)81(57-27-11-4-12-28-57)71-33-17-20-36-77(71)84(78,61-43-46-67-65-30-14-18-34-73(65)82-75(67)51-61)62-44-47-68-66-31-15-19-35-74(66)83-76(68)52-62/h1-52H. The number of hydrogen-bond donors (Lipinski definition) is 0. The van der Waals surface area contributed by atoms with Gasteiger partial charge in [-0.3, -0.25) is 0 Å². The fourth-order valence-electron chi connectivity index (χ4n) is 14.4. The van der Waals surface area contributed by atoms with E-state index >= 15 is 0 Å². The molecule has 5 heteroatoms. The average molecular weight is 1090 g/mol. The molecule has 1 aliphatic heterocycles. The van der Waals surface area contributed by atoms with E-state index in [0.717, 1.165) is 83.6 Å². The van der Waals surface area contributed by atoms with Crippen molar-refractivity contribution < 1.29 is 8.83 Å². The third-order valence-electron chi connectivity index (χ3n) is 18.0. The zero-order valence-electron chi connectivity index (χ0n) is 45.7. The Labute approximate surface area is 488 Å². The Morgan fingerprint density at radius 2 is 0.786 bits per heavy atom. The van der Waals surface area contributed by atoms with Crippen LogP contribution in [0.2, 0.25) is 0 Å². The van der Waals surface area contributed by atoms with Crippen LogP contribution in [0.1, 0.15) is 22.3 Å². The number of rotatable bonds is 9. The summed E-state index contributed by atoms with van der Waals surface area (Å²) >= 11 is 0. The molecule has 0 fully saturated rings. The van der Waals surface area contributed by atoms with Gasteiger partial charge in [-0.05, 0) is 144 Å². The Morgan fingerprint density at radius 3 is 1.44 bits per heavy atom. The first kappa shape index (κ1) is 48.0. The monoisotopic (exact) mass is 1090 g/mol. The number of para-hydroxylation sites is 4. The summed E-state index contributed by atoms with van der Waals surface area (Å²) in [4.78, 5) is 4.98. The van der Waals surface area contributed by atoms with Crippen LogP contribution in [-0.4, -0.2) is 8.07 Å². The van der Waals surface area contributed by atoms with Crippen molar-refractivity contribution >= 4 is 107 Å². The van der Waals surface area contributed by atoms with Gasteiger partial charge in [0.05, 0.1) is 5.41 Å². The highest BCUT2D eigenvalue weighted by Crippen LogP contribution is 2.57. The molecule has 3 heterocycles. The summed E-state index contributed by atoms with van der Waals surface area (Å²) in [5.74, 6) is 0. The smallest absolute Gasteiger partial charge is 0.184 e. The molecule has 0 N–H and O–H groups in total. The van der Waals surface area contributed by atoms with Gasteiger partial charge >= 0.3 is 0 Å². The summed E-state index contributed by atoms with van der Waals surface area (Å²) in [6.07, 6.45) is 0. The van der Waals surface area contributed by atoms with Crippen molar-refractivity contribution in [1.29, 1.82) is 0 Å². The van der Waals surface area contributed by atoms with Crippen molar-refractivity contribution in [2.75, 3.05) is 9.80 Å². The van der Waals surface area contributed by atoms with E-state index in [0.29, 0.717) is 0 Å². The van der Waals surface area contributed by atoms with Crippen molar-refractivity contribution in [2.45, 2.75) is 5.41 Å². The number of nitrogens with zero attached hydrogens (tertiary/aromatic N) is 2. The van der Waals surface area contributed by atoms with Gasteiger partial charge in [-0.1, -0.05) is 237 Å². The second-order valence-corrected chi connectivity index (χ2v) is 26.0. The van der Waals surface area contributed by atoms with Crippen LogP contribution in [0.15, 0.2) is 324 Å². The molecule has 1 aliphatic carbocycles. The Morgan fingerprint density at radius 1 is 0.310 bits per heavy atom. The molecule has 2 aliphatic rings. The predicted octanol–water partition coefficient (Wildman–Crippen LogP) is 18.1. The maximum atomic E-state index is 6.84. The van der Waals surface area contributed by atoms with Crippen molar-refractivity contribution in [1.82, 2.24) is 0 Å². The van der Waals surface area contributed by atoms with E-state index in [1.807, 2.05) is 0 Å². The van der Waals surface area contributed by atoms with Crippen LogP contribution in [0.25, 0.3) is 66.1 Å². The lowest BCUT2D eigenvalue weighted by molar-refractivity contribution is 0.669. The largest absolute Gasteiger partial charge is 0.456 e. The topological polar surface area (TPSA) is 32.8 Å². The summed E-state index contributed by atoms with van der Waals surface area (Å²) in [6.45, 7) is 0. The van der Waals surface area contributed by atoms with Crippen molar-refractivity contribution in [3.8, 4) is 22.3 Å². The van der Waals surface area contributed by atoms with Crippen molar-refractivity contribution in [3.05, 3.63) is 338 Å². The van der Waals surface area contributed by atoms with Crippen LogP contribution in [-0.2, 0) is 5.41 Å². The maximum absolute atomic E-state index is 6.84. The highest BCUT2D eigenvalue weighted by Gasteiger charge is 2.50. The minimum absolute atomic E-state index is 0.593. The van der Waals surface area contributed by atoms with Crippen LogP contribution < -0.4 is 30.5 Å². The Hall–Kier alpha value is -10.7. The molecule has 394 valence electrons. The molecule has 4 nitrogen and oxygen atoms in total. The molecular weight excluding hydrogens is 1040 g/mol. The van der Waals surface area contributed by atoms with E-state index in [1.165, 1.54) is 59.7 Å². The second kappa shape index (κ2) is 18.9. The van der Waals surface area contributed by atoms with Crippen LogP contribution in [0.5, 0.6) is 0 Å². The number of hydrogen-bond acceptors (Lipinski definition) is 4.